The van der Waals surface area contributed by atoms with E-state index in [9.17, 15) is 20.0 Å². The van der Waals surface area contributed by atoms with Gasteiger partial charge in [-0.1, -0.05) is 18.6 Å². The van der Waals surface area contributed by atoms with Crippen molar-refractivity contribution in [2.24, 2.45) is 11.1 Å². The minimum Gasteiger partial charge on any atom is -0.481 e. The molecule has 1 atom stereocenters. The quantitative estimate of drug-likeness (QED) is 0.623. The predicted molar refractivity (Wildman–Crippen MR) is 68.8 cm³/mol. The smallest absolute Gasteiger partial charge is 0.310 e. The minimum absolute atomic E-state index is 0.00231. The molecule has 0 aromatic heterocycles. The van der Waals surface area contributed by atoms with Gasteiger partial charge in [0.2, 0.25) is 0 Å². The van der Waals surface area contributed by atoms with Crippen LogP contribution in [0.25, 0.3) is 0 Å². The molecule has 1 aromatic carbocycles. The maximum atomic E-state index is 11.5. The highest BCUT2D eigenvalue weighted by Crippen LogP contribution is 2.51. The summed E-state index contributed by atoms with van der Waals surface area (Å²) in [5.74, 6) is -1.12. The molecular weight excluding hydrogens is 248 g/mol. The van der Waals surface area contributed by atoms with E-state index >= 15 is 0 Å². The third-order valence-electron chi connectivity index (χ3n) is 4.08. The number of rotatable bonds is 5. The van der Waals surface area contributed by atoms with Crippen LogP contribution in [0, 0.1) is 15.5 Å². The van der Waals surface area contributed by atoms with Gasteiger partial charge in [0.05, 0.1) is 10.3 Å². The molecule has 0 saturated heterocycles. The number of hydrogen-bond donors (Lipinski definition) is 2. The summed E-state index contributed by atoms with van der Waals surface area (Å²) >= 11 is 0. The van der Waals surface area contributed by atoms with Crippen LogP contribution in [0.2, 0.25) is 0 Å². The minimum atomic E-state index is -0.826. The highest BCUT2D eigenvalue weighted by molar-refractivity contribution is 5.77. The lowest BCUT2D eigenvalue weighted by Crippen LogP contribution is -2.45. The molecule has 0 bridgehead atoms. The molecule has 6 heteroatoms. The van der Waals surface area contributed by atoms with Crippen molar-refractivity contribution < 1.29 is 14.8 Å². The first-order chi connectivity index (χ1) is 9.01. The zero-order valence-electron chi connectivity index (χ0n) is 10.4. The number of benzene rings is 1. The van der Waals surface area contributed by atoms with Crippen molar-refractivity contribution in [1.82, 2.24) is 0 Å². The van der Waals surface area contributed by atoms with Crippen molar-refractivity contribution >= 4 is 11.7 Å². The summed E-state index contributed by atoms with van der Waals surface area (Å²) in [5, 5.41) is 20.0. The zero-order valence-corrected chi connectivity index (χ0v) is 10.4. The zero-order chi connectivity index (χ0) is 14.0. The van der Waals surface area contributed by atoms with Crippen molar-refractivity contribution in [3.63, 3.8) is 0 Å². The topological polar surface area (TPSA) is 106 Å². The first-order valence-corrected chi connectivity index (χ1v) is 6.19. The summed E-state index contributed by atoms with van der Waals surface area (Å²) in [6, 6.07) is 6.01. The molecule has 1 aromatic rings. The maximum absolute atomic E-state index is 11.5. The highest BCUT2D eigenvalue weighted by Gasteiger charge is 2.50. The molecule has 0 heterocycles. The number of aliphatic carboxylic acids is 1. The second kappa shape index (κ2) is 4.97. The van der Waals surface area contributed by atoms with Crippen molar-refractivity contribution in [3.8, 4) is 0 Å². The fraction of sp³-hybridized carbons (Fsp3) is 0.462. The van der Waals surface area contributed by atoms with Crippen molar-refractivity contribution in [3.05, 3.63) is 39.9 Å². The number of carbonyl (C=O) groups is 1. The summed E-state index contributed by atoms with van der Waals surface area (Å²) in [7, 11) is 0. The molecular formula is C13H16N2O4. The van der Waals surface area contributed by atoms with Gasteiger partial charge in [-0.3, -0.25) is 14.9 Å². The van der Waals surface area contributed by atoms with E-state index in [1.54, 1.807) is 12.1 Å². The van der Waals surface area contributed by atoms with Gasteiger partial charge in [0.25, 0.3) is 5.69 Å². The Kier molecular flexibility index (Phi) is 3.53. The molecule has 0 unspecified atom stereocenters. The maximum Gasteiger partial charge on any atom is 0.310 e. The molecule has 1 fully saturated rings. The summed E-state index contributed by atoms with van der Waals surface area (Å²) in [6.07, 6.45) is 2.11. The van der Waals surface area contributed by atoms with Gasteiger partial charge in [0, 0.05) is 24.6 Å². The summed E-state index contributed by atoms with van der Waals surface area (Å²) in [4.78, 5) is 21.6. The lowest BCUT2D eigenvalue weighted by atomic mass is 9.59. The van der Waals surface area contributed by atoms with Crippen molar-refractivity contribution in [1.29, 1.82) is 0 Å². The Labute approximate surface area is 110 Å². The highest BCUT2D eigenvalue weighted by atomic mass is 16.6. The second-order valence-corrected chi connectivity index (χ2v) is 4.95. The molecule has 1 saturated carbocycles. The van der Waals surface area contributed by atoms with Crippen LogP contribution in [-0.2, 0) is 4.79 Å². The van der Waals surface area contributed by atoms with Gasteiger partial charge in [-0.25, -0.2) is 0 Å². The fourth-order valence-electron chi connectivity index (χ4n) is 2.78. The first-order valence-electron chi connectivity index (χ1n) is 6.19. The summed E-state index contributed by atoms with van der Waals surface area (Å²) < 4.78 is 0. The monoisotopic (exact) mass is 264 g/mol. The molecule has 2 rings (SSSR count). The van der Waals surface area contributed by atoms with Crippen molar-refractivity contribution in [2.75, 3.05) is 6.54 Å². The SMILES string of the molecule is NC[C@H](c1ccc([N+](=O)[O-])cc1)C1(C(=O)O)CCC1. The Balaban J connectivity index is 2.31. The van der Waals surface area contributed by atoms with Crippen LogP contribution < -0.4 is 5.73 Å². The van der Waals surface area contributed by atoms with Crippen LogP contribution in [-0.4, -0.2) is 22.5 Å². The van der Waals surface area contributed by atoms with E-state index in [0.29, 0.717) is 12.8 Å². The Hall–Kier alpha value is -1.95. The molecule has 3 N–H and O–H groups in total. The summed E-state index contributed by atoms with van der Waals surface area (Å²) in [5.41, 5.74) is 5.70. The van der Waals surface area contributed by atoms with Gasteiger partial charge >= 0.3 is 5.97 Å². The number of non-ortho nitro benzene ring substituents is 1. The molecule has 1 aliphatic rings. The van der Waals surface area contributed by atoms with E-state index in [1.165, 1.54) is 12.1 Å². The molecule has 6 nitrogen and oxygen atoms in total. The number of carboxylic acid groups (broad SMARTS) is 1. The molecule has 0 aliphatic heterocycles. The van der Waals surface area contributed by atoms with E-state index in [-0.39, 0.29) is 18.2 Å². The van der Waals surface area contributed by atoms with Gasteiger partial charge in [-0.2, -0.15) is 0 Å². The van der Waals surface area contributed by atoms with Gasteiger partial charge in [0.15, 0.2) is 0 Å². The van der Waals surface area contributed by atoms with Crippen LogP contribution in [0.5, 0.6) is 0 Å². The lowest BCUT2D eigenvalue weighted by molar-refractivity contribution is -0.384. The standard InChI is InChI=1S/C13H16N2O4/c14-8-11(13(12(16)17)6-1-7-13)9-2-4-10(5-3-9)15(18)19/h2-5,11H,1,6-8,14H2,(H,16,17)/t11-/m1/s1. The van der Waals surface area contributed by atoms with Crippen LogP contribution in [0.15, 0.2) is 24.3 Å². The lowest BCUT2D eigenvalue weighted by Gasteiger charge is -2.44. The average Bonchev–Trinajstić information content (AvgIpc) is 2.33. The number of nitrogens with zero attached hydrogens (tertiary/aromatic N) is 1. The number of nitro benzene ring substituents is 1. The predicted octanol–water partition coefficient (Wildman–Crippen LogP) is 1.89. The number of carboxylic acids is 1. The average molecular weight is 264 g/mol. The number of nitrogens with two attached hydrogens (primary N) is 1. The third kappa shape index (κ3) is 2.19. The van der Waals surface area contributed by atoms with E-state index in [1.807, 2.05) is 0 Å². The van der Waals surface area contributed by atoms with Crippen LogP contribution in [0.3, 0.4) is 0 Å². The largest absolute Gasteiger partial charge is 0.481 e. The third-order valence-corrected chi connectivity index (χ3v) is 4.08. The number of nitro groups is 1. The van der Waals surface area contributed by atoms with Gasteiger partial charge in [-0.15, -0.1) is 0 Å². The Morgan fingerprint density at radius 1 is 1.42 bits per heavy atom. The van der Waals surface area contributed by atoms with Gasteiger partial charge < -0.3 is 10.8 Å². The van der Waals surface area contributed by atoms with Gasteiger partial charge in [-0.05, 0) is 18.4 Å². The van der Waals surface area contributed by atoms with E-state index in [0.717, 1.165) is 12.0 Å². The van der Waals surface area contributed by atoms with E-state index < -0.39 is 16.3 Å². The molecule has 1 aliphatic carbocycles. The Bertz CT molecular complexity index is 494. The second-order valence-electron chi connectivity index (χ2n) is 4.95. The van der Waals surface area contributed by atoms with Gasteiger partial charge in [0.1, 0.15) is 0 Å². The molecule has 102 valence electrons. The first kappa shape index (κ1) is 13.5. The van der Waals surface area contributed by atoms with Crippen molar-refractivity contribution in [2.45, 2.75) is 25.2 Å². The van der Waals surface area contributed by atoms with Crippen LogP contribution in [0.1, 0.15) is 30.7 Å². The summed E-state index contributed by atoms with van der Waals surface area (Å²) in [6.45, 7) is 0.226. The molecule has 0 radical (unpaired) electrons. The molecule has 0 amide bonds. The van der Waals surface area contributed by atoms with Crippen LogP contribution >= 0.6 is 0 Å². The van der Waals surface area contributed by atoms with Crippen LogP contribution in [0.4, 0.5) is 5.69 Å². The molecule has 19 heavy (non-hydrogen) atoms. The van der Waals surface area contributed by atoms with E-state index in [4.69, 9.17) is 5.73 Å². The van der Waals surface area contributed by atoms with E-state index in [2.05, 4.69) is 0 Å². The molecule has 0 spiro atoms. The number of hydrogen-bond acceptors (Lipinski definition) is 4. The Morgan fingerprint density at radius 3 is 2.32 bits per heavy atom. The fourth-order valence-corrected chi connectivity index (χ4v) is 2.78. The normalized spacial score (nSPS) is 18.4. The Morgan fingerprint density at radius 2 is 2.00 bits per heavy atom.